The van der Waals surface area contributed by atoms with Gasteiger partial charge >= 0.3 is 0 Å². The Balaban J connectivity index is 2.97. The van der Waals surface area contributed by atoms with E-state index in [0.29, 0.717) is 17.8 Å². The van der Waals surface area contributed by atoms with Crippen LogP contribution in [0.15, 0.2) is 23.8 Å². The van der Waals surface area contributed by atoms with Crippen LogP contribution in [0.4, 0.5) is 0 Å². The average molecular weight is 206 g/mol. The molecular weight excluding hydrogens is 184 g/mol. The minimum Gasteiger partial charge on any atom is -0.295 e. The molecule has 0 saturated heterocycles. The van der Waals surface area contributed by atoms with Gasteiger partial charge in [0.25, 0.3) is 0 Å². The molecule has 0 amide bonds. The molecule has 0 saturated carbocycles. The summed E-state index contributed by atoms with van der Waals surface area (Å²) >= 11 is 0. The third kappa shape index (κ3) is 2.39. The van der Waals surface area contributed by atoms with Crippen LogP contribution in [0, 0.1) is 23.7 Å². The van der Waals surface area contributed by atoms with Gasteiger partial charge in [-0.2, -0.15) is 0 Å². The van der Waals surface area contributed by atoms with Gasteiger partial charge in [0.15, 0.2) is 5.78 Å². The summed E-state index contributed by atoms with van der Waals surface area (Å²) in [6, 6.07) is 0. The van der Waals surface area contributed by atoms with E-state index >= 15 is 0 Å². The summed E-state index contributed by atoms with van der Waals surface area (Å²) in [7, 11) is 0. The predicted octanol–water partition coefficient (Wildman–Crippen LogP) is 3.62. The molecule has 0 fully saturated rings. The molecule has 15 heavy (non-hydrogen) atoms. The van der Waals surface area contributed by atoms with Crippen molar-refractivity contribution in [3.63, 3.8) is 0 Å². The number of hydrogen-bond donors (Lipinski definition) is 0. The van der Waals surface area contributed by atoms with E-state index < -0.39 is 0 Å². The predicted molar refractivity (Wildman–Crippen MR) is 64.6 cm³/mol. The summed E-state index contributed by atoms with van der Waals surface area (Å²) in [6.07, 6.45) is 5.89. The zero-order chi connectivity index (χ0) is 11.6. The minimum atomic E-state index is 0.168. The molecule has 0 aromatic rings. The molecule has 0 bridgehead atoms. The molecule has 1 aliphatic carbocycles. The zero-order valence-corrected chi connectivity index (χ0v) is 10.4. The van der Waals surface area contributed by atoms with E-state index in [1.54, 1.807) is 6.08 Å². The lowest BCUT2D eigenvalue weighted by molar-refractivity contribution is -0.121. The van der Waals surface area contributed by atoms with Crippen LogP contribution in [0.25, 0.3) is 0 Å². The van der Waals surface area contributed by atoms with Crippen LogP contribution in [0.5, 0.6) is 0 Å². The van der Waals surface area contributed by atoms with Crippen LogP contribution in [0.2, 0.25) is 0 Å². The first-order chi connectivity index (χ1) is 6.99. The molecule has 0 aromatic carbocycles. The summed E-state index contributed by atoms with van der Waals surface area (Å²) in [6.45, 7) is 10.6. The summed E-state index contributed by atoms with van der Waals surface area (Å²) < 4.78 is 0. The second kappa shape index (κ2) is 4.78. The second-order valence-corrected chi connectivity index (χ2v) is 4.85. The van der Waals surface area contributed by atoms with Crippen molar-refractivity contribution in [2.75, 3.05) is 0 Å². The Morgan fingerprint density at radius 1 is 1.33 bits per heavy atom. The standard InChI is InChI=1S/C14H22O/c1-6-7-13(15)14-11(4)9(2)8-10(3)12(14)5/h6-9,11-12,14H,1-5H3/b7-6+. The highest BCUT2D eigenvalue weighted by Gasteiger charge is 2.35. The number of carbonyl (C=O) groups is 1. The molecule has 0 radical (unpaired) electrons. The molecule has 1 nitrogen and oxygen atoms in total. The van der Waals surface area contributed by atoms with Gasteiger partial charge < -0.3 is 0 Å². The van der Waals surface area contributed by atoms with E-state index in [2.05, 4.69) is 33.8 Å². The Kier molecular flexibility index (Phi) is 3.90. The molecule has 1 heteroatoms. The highest BCUT2D eigenvalue weighted by atomic mass is 16.1. The van der Waals surface area contributed by atoms with Gasteiger partial charge in [-0.15, -0.1) is 0 Å². The fourth-order valence-electron chi connectivity index (χ4n) is 2.56. The van der Waals surface area contributed by atoms with Crippen molar-refractivity contribution in [2.45, 2.75) is 34.6 Å². The van der Waals surface area contributed by atoms with Crippen molar-refractivity contribution in [3.8, 4) is 0 Å². The Morgan fingerprint density at radius 3 is 2.47 bits per heavy atom. The Hall–Kier alpha value is -0.850. The van der Waals surface area contributed by atoms with Gasteiger partial charge in [0, 0.05) is 5.92 Å². The van der Waals surface area contributed by atoms with Crippen molar-refractivity contribution in [1.29, 1.82) is 0 Å². The Labute approximate surface area is 93.3 Å². The maximum absolute atomic E-state index is 12.0. The molecule has 0 heterocycles. The van der Waals surface area contributed by atoms with Crippen LogP contribution >= 0.6 is 0 Å². The molecule has 4 atom stereocenters. The Bertz CT molecular complexity index is 298. The van der Waals surface area contributed by atoms with E-state index in [-0.39, 0.29) is 11.7 Å². The summed E-state index contributed by atoms with van der Waals surface area (Å²) in [4.78, 5) is 12.0. The normalized spacial score (nSPS) is 36.7. The van der Waals surface area contributed by atoms with E-state index in [4.69, 9.17) is 0 Å². The number of allylic oxidation sites excluding steroid dienone is 4. The lowest BCUT2D eigenvalue weighted by Gasteiger charge is -2.36. The van der Waals surface area contributed by atoms with Gasteiger partial charge in [0.1, 0.15) is 0 Å². The first-order valence-corrected chi connectivity index (χ1v) is 5.83. The molecule has 84 valence electrons. The van der Waals surface area contributed by atoms with Gasteiger partial charge in [-0.3, -0.25) is 4.79 Å². The van der Waals surface area contributed by atoms with Crippen molar-refractivity contribution < 1.29 is 4.79 Å². The lowest BCUT2D eigenvalue weighted by atomic mass is 9.67. The smallest absolute Gasteiger partial charge is 0.159 e. The first kappa shape index (κ1) is 12.2. The van der Waals surface area contributed by atoms with Crippen molar-refractivity contribution in [1.82, 2.24) is 0 Å². The van der Waals surface area contributed by atoms with Crippen molar-refractivity contribution in [2.24, 2.45) is 23.7 Å². The molecule has 0 aromatic heterocycles. The van der Waals surface area contributed by atoms with E-state index in [0.717, 1.165) is 0 Å². The topological polar surface area (TPSA) is 17.1 Å². The van der Waals surface area contributed by atoms with Crippen LogP contribution in [0.1, 0.15) is 34.6 Å². The molecular formula is C14H22O. The molecule has 1 aliphatic rings. The summed E-state index contributed by atoms with van der Waals surface area (Å²) in [5, 5.41) is 0. The number of carbonyl (C=O) groups excluding carboxylic acids is 1. The quantitative estimate of drug-likeness (QED) is 0.498. The zero-order valence-electron chi connectivity index (χ0n) is 10.4. The first-order valence-electron chi connectivity index (χ1n) is 5.83. The maximum atomic E-state index is 12.0. The van der Waals surface area contributed by atoms with Gasteiger partial charge in [-0.1, -0.05) is 38.5 Å². The van der Waals surface area contributed by atoms with Crippen LogP contribution < -0.4 is 0 Å². The highest BCUT2D eigenvalue weighted by molar-refractivity contribution is 5.92. The van der Waals surface area contributed by atoms with Crippen LogP contribution in [-0.4, -0.2) is 5.78 Å². The summed E-state index contributed by atoms with van der Waals surface area (Å²) in [5.41, 5.74) is 1.36. The molecule has 1 rings (SSSR count). The van der Waals surface area contributed by atoms with E-state index in [1.165, 1.54) is 5.57 Å². The van der Waals surface area contributed by atoms with Gasteiger partial charge in [-0.25, -0.2) is 0 Å². The van der Waals surface area contributed by atoms with Crippen molar-refractivity contribution in [3.05, 3.63) is 23.8 Å². The van der Waals surface area contributed by atoms with Crippen LogP contribution in [0.3, 0.4) is 0 Å². The largest absolute Gasteiger partial charge is 0.295 e. The fraction of sp³-hybridized carbons (Fsp3) is 0.643. The SMILES string of the molecule is C/C=C/C(=O)C1C(C)C(C)=CC(C)C1C. The third-order valence-corrected chi connectivity index (χ3v) is 3.84. The monoisotopic (exact) mass is 206 g/mol. The Morgan fingerprint density at radius 2 is 1.93 bits per heavy atom. The van der Waals surface area contributed by atoms with E-state index in [1.807, 2.05) is 13.0 Å². The van der Waals surface area contributed by atoms with E-state index in [9.17, 15) is 4.79 Å². The lowest BCUT2D eigenvalue weighted by Crippen LogP contribution is -2.34. The minimum absolute atomic E-state index is 0.168. The van der Waals surface area contributed by atoms with Gasteiger partial charge in [0.2, 0.25) is 0 Å². The third-order valence-electron chi connectivity index (χ3n) is 3.84. The summed E-state index contributed by atoms with van der Waals surface area (Å²) in [5.74, 6) is 1.81. The second-order valence-electron chi connectivity index (χ2n) is 4.85. The molecule has 0 N–H and O–H groups in total. The number of hydrogen-bond acceptors (Lipinski definition) is 1. The van der Waals surface area contributed by atoms with Crippen molar-refractivity contribution >= 4 is 5.78 Å². The fourth-order valence-corrected chi connectivity index (χ4v) is 2.56. The van der Waals surface area contributed by atoms with Crippen LogP contribution in [-0.2, 0) is 4.79 Å². The number of rotatable bonds is 2. The average Bonchev–Trinajstić information content (AvgIpc) is 2.16. The molecule has 0 spiro atoms. The highest BCUT2D eigenvalue weighted by Crippen LogP contribution is 2.38. The van der Waals surface area contributed by atoms with Gasteiger partial charge in [-0.05, 0) is 37.7 Å². The van der Waals surface area contributed by atoms with Gasteiger partial charge in [0.05, 0.1) is 0 Å². The number of ketones is 1. The maximum Gasteiger partial charge on any atom is 0.159 e. The molecule has 4 unspecified atom stereocenters. The molecule has 0 aliphatic heterocycles.